The molecule has 12 heavy (non-hydrogen) atoms. The Bertz CT molecular complexity index is 403. The van der Waals surface area contributed by atoms with Crippen molar-refractivity contribution < 1.29 is 4.74 Å². The molecule has 0 aliphatic carbocycles. The quantitative estimate of drug-likeness (QED) is 0.625. The van der Waals surface area contributed by atoms with Crippen LogP contribution in [0.3, 0.4) is 0 Å². The van der Waals surface area contributed by atoms with Crippen molar-refractivity contribution in [1.82, 2.24) is 4.57 Å². The third kappa shape index (κ3) is 0.881. The molecule has 2 nitrogen and oxygen atoms in total. The fourth-order valence-electron chi connectivity index (χ4n) is 1.47. The first-order valence-electron chi connectivity index (χ1n) is 3.91. The van der Waals surface area contributed by atoms with E-state index in [4.69, 9.17) is 4.74 Å². The van der Waals surface area contributed by atoms with Gasteiger partial charge < -0.3 is 9.30 Å². The van der Waals surface area contributed by atoms with Gasteiger partial charge in [0.05, 0.1) is 12.6 Å². The van der Waals surface area contributed by atoms with Gasteiger partial charge in [-0.2, -0.15) is 0 Å². The minimum Gasteiger partial charge on any atom is -0.495 e. The Morgan fingerprint density at radius 1 is 1.25 bits per heavy atom. The Hall–Kier alpha value is -1.44. The normalized spacial score (nSPS) is 10.5. The zero-order valence-electron chi connectivity index (χ0n) is 7.24. The van der Waals surface area contributed by atoms with E-state index in [9.17, 15) is 0 Å². The number of hydrogen-bond acceptors (Lipinski definition) is 1. The lowest BCUT2D eigenvalue weighted by Crippen LogP contribution is -1.82. The molecule has 0 bridgehead atoms. The fourth-order valence-corrected chi connectivity index (χ4v) is 1.47. The largest absolute Gasteiger partial charge is 0.495 e. The molecule has 2 heteroatoms. The standard InChI is InChI=1S/C10H11NO/c1-11-7-10(12-2)8-5-3-4-6-9(8)11/h3-7H,1-2H3. The van der Waals surface area contributed by atoms with E-state index in [1.165, 1.54) is 10.9 Å². The van der Waals surface area contributed by atoms with E-state index >= 15 is 0 Å². The number of aryl methyl sites for hydroxylation is 1. The van der Waals surface area contributed by atoms with Crippen LogP contribution >= 0.6 is 0 Å². The highest BCUT2D eigenvalue weighted by molar-refractivity contribution is 5.86. The van der Waals surface area contributed by atoms with E-state index in [1.54, 1.807) is 7.11 Å². The molecule has 62 valence electrons. The number of aromatic nitrogens is 1. The molecular weight excluding hydrogens is 150 g/mol. The molecule has 2 aromatic rings. The number of fused-ring (bicyclic) bond motifs is 1. The monoisotopic (exact) mass is 161 g/mol. The average molecular weight is 161 g/mol. The van der Waals surface area contributed by atoms with Crippen molar-refractivity contribution in [2.75, 3.05) is 7.11 Å². The average Bonchev–Trinajstić information content (AvgIpc) is 2.44. The maximum absolute atomic E-state index is 5.23. The highest BCUT2D eigenvalue weighted by Gasteiger charge is 2.03. The highest BCUT2D eigenvalue weighted by Crippen LogP contribution is 2.26. The maximum atomic E-state index is 5.23. The van der Waals surface area contributed by atoms with Crippen molar-refractivity contribution in [3.05, 3.63) is 30.5 Å². The summed E-state index contributed by atoms with van der Waals surface area (Å²) in [6.45, 7) is 0. The second-order valence-electron chi connectivity index (χ2n) is 2.83. The van der Waals surface area contributed by atoms with Gasteiger partial charge in [0.2, 0.25) is 0 Å². The third-order valence-electron chi connectivity index (χ3n) is 2.08. The molecule has 0 unspecified atom stereocenters. The van der Waals surface area contributed by atoms with Crippen LogP contribution in [-0.2, 0) is 7.05 Å². The highest BCUT2D eigenvalue weighted by atomic mass is 16.5. The number of para-hydroxylation sites is 1. The molecular formula is C10H11NO. The van der Waals surface area contributed by atoms with E-state index in [2.05, 4.69) is 16.7 Å². The summed E-state index contributed by atoms with van der Waals surface area (Å²) in [6, 6.07) is 8.19. The van der Waals surface area contributed by atoms with Gasteiger partial charge in [-0.3, -0.25) is 0 Å². The number of rotatable bonds is 1. The molecule has 1 aromatic heterocycles. The second-order valence-corrected chi connectivity index (χ2v) is 2.83. The predicted molar refractivity (Wildman–Crippen MR) is 49.5 cm³/mol. The molecule has 0 radical (unpaired) electrons. The Morgan fingerprint density at radius 3 is 2.75 bits per heavy atom. The van der Waals surface area contributed by atoms with Crippen LogP contribution in [-0.4, -0.2) is 11.7 Å². The van der Waals surface area contributed by atoms with Crippen molar-refractivity contribution in [2.24, 2.45) is 7.05 Å². The van der Waals surface area contributed by atoms with Gasteiger partial charge >= 0.3 is 0 Å². The van der Waals surface area contributed by atoms with Crippen LogP contribution in [0, 0.1) is 0 Å². The number of nitrogens with zero attached hydrogens (tertiary/aromatic N) is 1. The lowest BCUT2D eigenvalue weighted by molar-refractivity contribution is 0.418. The summed E-state index contributed by atoms with van der Waals surface area (Å²) < 4.78 is 7.29. The molecule has 1 heterocycles. The number of benzene rings is 1. The molecule has 2 rings (SSSR count). The second kappa shape index (κ2) is 2.55. The summed E-state index contributed by atoms with van der Waals surface area (Å²) in [4.78, 5) is 0. The zero-order valence-corrected chi connectivity index (χ0v) is 7.24. The van der Waals surface area contributed by atoms with Gasteiger partial charge in [-0.15, -0.1) is 0 Å². The Kier molecular flexibility index (Phi) is 1.54. The Morgan fingerprint density at radius 2 is 2.00 bits per heavy atom. The number of methoxy groups -OCH3 is 1. The summed E-state index contributed by atoms with van der Waals surface area (Å²) in [6.07, 6.45) is 1.99. The minimum absolute atomic E-state index is 0.938. The van der Waals surface area contributed by atoms with Crippen molar-refractivity contribution in [2.45, 2.75) is 0 Å². The molecule has 0 saturated heterocycles. The minimum atomic E-state index is 0.938. The van der Waals surface area contributed by atoms with Crippen molar-refractivity contribution in [3.63, 3.8) is 0 Å². The van der Waals surface area contributed by atoms with Gasteiger partial charge in [-0.1, -0.05) is 12.1 Å². The first-order valence-corrected chi connectivity index (χ1v) is 3.91. The van der Waals surface area contributed by atoms with E-state index in [-0.39, 0.29) is 0 Å². The van der Waals surface area contributed by atoms with Crippen molar-refractivity contribution in [1.29, 1.82) is 0 Å². The van der Waals surface area contributed by atoms with Gasteiger partial charge in [0.25, 0.3) is 0 Å². The fraction of sp³-hybridized carbons (Fsp3) is 0.200. The molecule has 0 spiro atoms. The Labute approximate surface area is 71.4 Å². The molecule has 0 fully saturated rings. The van der Waals surface area contributed by atoms with Crippen LogP contribution in [0.4, 0.5) is 0 Å². The maximum Gasteiger partial charge on any atom is 0.144 e. The lowest BCUT2D eigenvalue weighted by Gasteiger charge is -1.94. The lowest BCUT2D eigenvalue weighted by atomic mass is 10.2. The first-order chi connectivity index (χ1) is 5.83. The van der Waals surface area contributed by atoms with Crippen LogP contribution < -0.4 is 4.74 Å². The topological polar surface area (TPSA) is 14.2 Å². The van der Waals surface area contributed by atoms with Gasteiger partial charge in [0, 0.05) is 18.6 Å². The van der Waals surface area contributed by atoms with Gasteiger partial charge in [-0.25, -0.2) is 0 Å². The van der Waals surface area contributed by atoms with Crippen LogP contribution in [0.2, 0.25) is 0 Å². The van der Waals surface area contributed by atoms with E-state index in [0.29, 0.717) is 0 Å². The molecule has 0 aliphatic rings. The summed E-state index contributed by atoms with van der Waals surface area (Å²) in [5, 5.41) is 1.17. The molecule has 0 amide bonds. The smallest absolute Gasteiger partial charge is 0.144 e. The Balaban J connectivity index is 2.82. The van der Waals surface area contributed by atoms with Crippen molar-refractivity contribution in [3.8, 4) is 5.75 Å². The van der Waals surface area contributed by atoms with Crippen LogP contribution in [0.15, 0.2) is 30.5 Å². The summed E-state index contributed by atoms with van der Waals surface area (Å²) in [5.41, 5.74) is 1.20. The molecule has 0 atom stereocenters. The van der Waals surface area contributed by atoms with Gasteiger partial charge in [0.15, 0.2) is 0 Å². The molecule has 0 N–H and O–H groups in total. The summed E-state index contributed by atoms with van der Waals surface area (Å²) >= 11 is 0. The SMILES string of the molecule is COc1cn(C)c2ccccc12. The first kappa shape index (κ1) is 7.22. The molecule has 0 aliphatic heterocycles. The molecule has 1 aromatic carbocycles. The van der Waals surface area contributed by atoms with Crippen LogP contribution in [0.5, 0.6) is 5.75 Å². The van der Waals surface area contributed by atoms with E-state index in [0.717, 1.165) is 5.75 Å². The number of hydrogen-bond donors (Lipinski definition) is 0. The van der Waals surface area contributed by atoms with E-state index < -0.39 is 0 Å². The van der Waals surface area contributed by atoms with E-state index in [1.807, 2.05) is 25.4 Å². The van der Waals surface area contributed by atoms with Gasteiger partial charge in [0.1, 0.15) is 5.75 Å². The zero-order chi connectivity index (χ0) is 8.55. The van der Waals surface area contributed by atoms with Gasteiger partial charge in [-0.05, 0) is 12.1 Å². The van der Waals surface area contributed by atoms with Crippen molar-refractivity contribution >= 4 is 10.9 Å². The third-order valence-corrected chi connectivity index (χ3v) is 2.08. The summed E-state index contributed by atoms with van der Waals surface area (Å²) in [5.74, 6) is 0.938. The van der Waals surface area contributed by atoms with Crippen LogP contribution in [0.25, 0.3) is 10.9 Å². The molecule has 0 saturated carbocycles. The predicted octanol–water partition coefficient (Wildman–Crippen LogP) is 2.19. The summed E-state index contributed by atoms with van der Waals surface area (Å²) in [7, 11) is 3.71. The van der Waals surface area contributed by atoms with Crippen LogP contribution in [0.1, 0.15) is 0 Å². The number of ether oxygens (including phenoxy) is 1.